The molecule has 2 aliphatic rings. The largest absolute Gasteiger partial charge is 0.0602 e. The molecule has 13 heavy (non-hydrogen) atoms. The Kier molecular flexibility index (Phi) is 1.69. The average molecular weight is 182 g/mol. The molecule has 0 aromatic heterocycles. The molecule has 0 spiro atoms. The zero-order valence-corrected chi connectivity index (χ0v) is 9.32. The Balaban J connectivity index is 2.08. The lowest BCUT2D eigenvalue weighted by Gasteiger charge is -2.30. The van der Waals surface area contributed by atoms with Crippen molar-refractivity contribution >= 4 is 0 Å². The highest BCUT2D eigenvalue weighted by molar-refractivity contribution is 4.96. The van der Waals surface area contributed by atoms with Gasteiger partial charge >= 0.3 is 0 Å². The number of hydrogen-bond donors (Lipinski definition) is 0. The van der Waals surface area contributed by atoms with Gasteiger partial charge in [-0.2, -0.15) is 0 Å². The zero-order chi connectivity index (χ0) is 11.3. The van der Waals surface area contributed by atoms with Gasteiger partial charge in [-0.3, -0.25) is 0 Å². The molecule has 0 heteroatoms. The van der Waals surface area contributed by atoms with Crippen LogP contribution in [0.4, 0.5) is 0 Å². The van der Waals surface area contributed by atoms with Gasteiger partial charge in [-0.15, -0.1) is 0 Å². The van der Waals surface area contributed by atoms with Crippen LogP contribution in [-0.4, -0.2) is 0 Å². The first-order valence-electron chi connectivity index (χ1n) is 6.74. The molecular formula is C13H24. The van der Waals surface area contributed by atoms with Crippen LogP contribution in [0.15, 0.2) is 0 Å². The standard InChI is InChI=1S/C13H24/c1-12(2,3)8-9-13-6-4-11(10-13)5-7-13/h11H,4-10H2,1-3H3/i8D2. The van der Waals surface area contributed by atoms with E-state index in [2.05, 4.69) is 0 Å². The topological polar surface area (TPSA) is 0 Å². The maximum atomic E-state index is 8.26. The summed E-state index contributed by atoms with van der Waals surface area (Å²) in [5.74, 6) is 0.931. The van der Waals surface area contributed by atoms with E-state index in [-0.39, 0.29) is 5.41 Å². The smallest absolute Gasteiger partial charge is 0.0272 e. The van der Waals surface area contributed by atoms with Gasteiger partial charge in [-0.25, -0.2) is 0 Å². The lowest BCUT2D eigenvalue weighted by molar-refractivity contribution is 0.218. The lowest BCUT2D eigenvalue weighted by atomic mass is 9.75. The predicted octanol–water partition coefficient (Wildman–Crippen LogP) is 4.39. The Morgan fingerprint density at radius 2 is 1.92 bits per heavy atom. The molecule has 0 atom stereocenters. The van der Waals surface area contributed by atoms with Crippen molar-refractivity contribution in [2.75, 3.05) is 0 Å². The van der Waals surface area contributed by atoms with E-state index in [4.69, 9.17) is 2.74 Å². The first kappa shape index (κ1) is 7.31. The molecule has 0 aliphatic heterocycles. The minimum atomic E-state index is -1.01. The lowest BCUT2D eigenvalue weighted by Crippen LogP contribution is -2.17. The predicted molar refractivity (Wildman–Crippen MR) is 57.7 cm³/mol. The second kappa shape index (κ2) is 3.00. The van der Waals surface area contributed by atoms with Gasteiger partial charge in [-0.05, 0) is 61.6 Å². The van der Waals surface area contributed by atoms with Gasteiger partial charge in [0.2, 0.25) is 0 Å². The third kappa shape index (κ3) is 2.08. The Morgan fingerprint density at radius 3 is 2.31 bits per heavy atom. The van der Waals surface area contributed by atoms with Crippen LogP contribution >= 0.6 is 0 Å². The zero-order valence-electron chi connectivity index (χ0n) is 11.3. The molecule has 0 unspecified atom stereocenters. The van der Waals surface area contributed by atoms with Crippen LogP contribution in [0.3, 0.4) is 0 Å². The molecule has 2 aliphatic carbocycles. The van der Waals surface area contributed by atoms with Crippen molar-refractivity contribution in [1.82, 2.24) is 0 Å². The van der Waals surface area contributed by atoms with Crippen LogP contribution in [0.1, 0.15) is 68.4 Å². The van der Waals surface area contributed by atoms with Gasteiger partial charge in [0, 0.05) is 2.74 Å². The molecular weight excluding hydrogens is 156 g/mol. The monoisotopic (exact) mass is 182 g/mol. The maximum Gasteiger partial charge on any atom is 0.0272 e. The Hall–Kier alpha value is 0. The molecule has 76 valence electrons. The van der Waals surface area contributed by atoms with E-state index in [0.717, 1.165) is 12.3 Å². The normalized spacial score (nSPS) is 41.9. The van der Waals surface area contributed by atoms with E-state index < -0.39 is 6.37 Å². The molecule has 0 nitrogen and oxygen atoms in total. The van der Waals surface area contributed by atoms with Crippen LogP contribution in [0.2, 0.25) is 0 Å². The summed E-state index contributed by atoms with van der Waals surface area (Å²) in [6, 6.07) is 0. The second-order valence-electron chi connectivity index (χ2n) is 6.25. The van der Waals surface area contributed by atoms with E-state index in [1.54, 1.807) is 0 Å². The van der Waals surface area contributed by atoms with Crippen LogP contribution < -0.4 is 0 Å². The average Bonchev–Trinajstić information content (AvgIpc) is 2.59. The SMILES string of the molecule is [2H]C([2H])(CC12CCC(CC1)C2)C(C)(C)C. The molecule has 0 N–H and O–H groups in total. The summed E-state index contributed by atoms with van der Waals surface area (Å²) in [4.78, 5) is 0. The molecule has 2 saturated carbocycles. The van der Waals surface area contributed by atoms with Crippen LogP contribution in [0.5, 0.6) is 0 Å². The van der Waals surface area contributed by atoms with Crippen LogP contribution in [-0.2, 0) is 0 Å². The molecule has 0 aromatic carbocycles. The van der Waals surface area contributed by atoms with Crippen LogP contribution in [0, 0.1) is 16.7 Å². The maximum absolute atomic E-state index is 8.26. The van der Waals surface area contributed by atoms with Crippen molar-refractivity contribution in [3.8, 4) is 0 Å². The fourth-order valence-electron chi connectivity index (χ4n) is 3.01. The quantitative estimate of drug-likeness (QED) is 0.594. The Bertz CT molecular complexity index is 242. The van der Waals surface area contributed by atoms with Gasteiger partial charge < -0.3 is 0 Å². The van der Waals surface area contributed by atoms with E-state index >= 15 is 0 Å². The minimum Gasteiger partial charge on any atom is -0.0602 e. The van der Waals surface area contributed by atoms with Crippen molar-refractivity contribution in [3.05, 3.63) is 0 Å². The van der Waals surface area contributed by atoms with Gasteiger partial charge in [0.1, 0.15) is 0 Å². The van der Waals surface area contributed by atoms with E-state index in [1.807, 2.05) is 20.8 Å². The van der Waals surface area contributed by atoms with Gasteiger partial charge in [0.05, 0.1) is 0 Å². The van der Waals surface area contributed by atoms with E-state index in [0.29, 0.717) is 5.41 Å². The van der Waals surface area contributed by atoms with Crippen molar-refractivity contribution in [2.24, 2.45) is 16.7 Å². The summed E-state index contributed by atoms with van der Waals surface area (Å²) >= 11 is 0. The van der Waals surface area contributed by atoms with Gasteiger partial charge in [-0.1, -0.05) is 20.8 Å². The highest BCUT2D eigenvalue weighted by atomic mass is 14.5. The van der Waals surface area contributed by atoms with Crippen molar-refractivity contribution < 1.29 is 2.74 Å². The number of hydrogen-bond acceptors (Lipinski definition) is 0. The highest BCUT2D eigenvalue weighted by Crippen LogP contribution is 2.57. The molecule has 0 saturated heterocycles. The summed E-state index contributed by atoms with van der Waals surface area (Å²) in [5, 5.41) is 0. The molecule has 2 bridgehead atoms. The van der Waals surface area contributed by atoms with Crippen molar-refractivity contribution in [3.63, 3.8) is 0 Å². The first-order valence-corrected chi connectivity index (χ1v) is 5.74. The van der Waals surface area contributed by atoms with Gasteiger partial charge in [0.25, 0.3) is 0 Å². The molecule has 2 rings (SSSR count). The summed E-state index contributed by atoms with van der Waals surface area (Å²) in [5.41, 5.74) is 0.157. The summed E-state index contributed by atoms with van der Waals surface area (Å²) in [7, 11) is 0. The van der Waals surface area contributed by atoms with E-state index in [1.165, 1.54) is 32.1 Å². The van der Waals surface area contributed by atoms with E-state index in [9.17, 15) is 0 Å². The van der Waals surface area contributed by atoms with Crippen LogP contribution in [0.25, 0.3) is 0 Å². The molecule has 0 aromatic rings. The second-order valence-corrected chi connectivity index (χ2v) is 6.25. The fourth-order valence-corrected chi connectivity index (χ4v) is 3.01. The number of fused-ring (bicyclic) bond motifs is 2. The molecule has 2 fully saturated rings. The summed E-state index contributed by atoms with van der Waals surface area (Å²) in [6.45, 7) is 6.10. The third-order valence-corrected chi connectivity index (χ3v) is 3.88. The van der Waals surface area contributed by atoms with Gasteiger partial charge in [0.15, 0.2) is 0 Å². The Labute approximate surface area is 85.9 Å². The number of rotatable bonds is 2. The first-order chi connectivity index (χ1) is 6.74. The third-order valence-electron chi connectivity index (χ3n) is 3.88. The summed E-state index contributed by atoms with van der Waals surface area (Å²) < 4.78 is 16.5. The fraction of sp³-hybridized carbons (Fsp3) is 1.00. The molecule has 0 amide bonds. The summed E-state index contributed by atoms with van der Waals surface area (Å²) in [6.07, 6.45) is 6.38. The molecule has 0 heterocycles. The molecule has 0 radical (unpaired) electrons. The minimum absolute atomic E-state index is 0.220. The van der Waals surface area contributed by atoms with Crippen molar-refractivity contribution in [2.45, 2.75) is 65.7 Å². The highest BCUT2D eigenvalue weighted by Gasteiger charge is 2.44. The van der Waals surface area contributed by atoms with Crippen molar-refractivity contribution in [1.29, 1.82) is 0 Å². The Morgan fingerprint density at radius 1 is 1.31 bits per heavy atom.